The molecule has 0 radical (unpaired) electrons. The molecule has 1 heterocycles. The average Bonchev–Trinajstić information content (AvgIpc) is 2.27. The molecule has 0 aromatic rings. The number of hydrogen-bond acceptors (Lipinski definition) is 1. The minimum atomic E-state index is 0.926. The minimum Gasteiger partial charge on any atom is -0.303 e. The third-order valence-corrected chi connectivity index (χ3v) is 4.52. The minimum absolute atomic E-state index is 0.926. The fourth-order valence-corrected chi connectivity index (χ4v) is 3.82. The molecule has 1 aliphatic heterocycles. The van der Waals surface area contributed by atoms with Crippen molar-refractivity contribution in [2.24, 2.45) is 17.8 Å². The normalized spacial score (nSPS) is 34.1. The molecule has 2 atom stereocenters. The lowest BCUT2D eigenvalue weighted by Crippen LogP contribution is -2.39. The van der Waals surface area contributed by atoms with Gasteiger partial charge in [-0.15, -0.1) is 0 Å². The van der Waals surface area contributed by atoms with Crippen molar-refractivity contribution in [3.63, 3.8) is 0 Å². The Balaban J connectivity index is 1.68. The van der Waals surface area contributed by atoms with Gasteiger partial charge in [0.15, 0.2) is 0 Å². The molecule has 94 valence electrons. The van der Waals surface area contributed by atoms with Gasteiger partial charge in [-0.1, -0.05) is 46.0 Å². The van der Waals surface area contributed by atoms with Crippen molar-refractivity contribution >= 4 is 0 Å². The number of nitrogens with zero attached hydrogens (tertiary/aromatic N) is 1. The summed E-state index contributed by atoms with van der Waals surface area (Å²) < 4.78 is 0. The highest BCUT2D eigenvalue weighted by Crippen LogP contribution is 2.27. The van der Waals surface area contributed by atoms with Crippen LogP contribution in [0.3, 0.4) is 0 Å². The molecule has 1 nitrogen and oxygen atoms in total. The quantitative estimate of drug-likeness (QED) is 0.700. The Labute approximate surface area is 102 Å². The Morgan fingerprint density at radius 3 is 2.19 bits per heavy atom. The summed E-state index contributed by atoms with van der Waals surface area (Å²) in [6.45, 7) is 8.93. The molecular formula is C15H29N. The zero-order valence-electron chi connectivity index (χ0n) is 11.3. The van der Waals surface area contributed by atoms with E-state index in [4.69, 9.17) is 0 Å². The van der Waals surface area contributed by atoms with Crippen molar-refractivity contribution in [2.75, 3.05) is 19.6 Å². The summed E-state index contributed by atoms with van der Waals surface area (Å²) in [6.07, 6.45) is 10.4. The Morgan fingerprint density at radius 1 is 0.938 bits per heavy atom. The van der Waals surface area contributed by atoms with Gasteiger partial charge >= 0.3 is 0 Å². The third kappa shape index (κ3) is 3.76. The highest BCUT2D eigenvalue weighted by molar-refractivity contribution is 4.76. The molecule has 2 aliphatic rings. The van der Waals surface area contributed by atoms with Gasteiger partial charge in [-0.2, -0.15) is 0 Å². The second-order valence-corrected chi connectivity index (χ2v) is 6.50. The van der Waals surface area contributed by atoms with Crippen LogP contribution < -0.4 is 0 Å². The maximum absolute atomic E-state index is 2.73. The van der Waals surface area contributed by atoms with Gasteiger partial charge < -0.3 is 4.90 Å². The summed E-state index contributed by atoms with van der Waals surface area (Å²) in [5.41, 5.74) is 0. The zero-order valence-corrected chi connectivity index (χ0v) is 11.3. The molecule has 1 saturated heterocycles. The zero-order chi connectivity index (χ0) is 11.4. The van der Waals surface area contributed by atoms with Crippen molar-refractivity contribution in [3.05, 3.63) is 0 Å². The molecule has 0 aromatic carbocycles. The molecule has 1 heteroatoms. The Hall–Kier alpha value is -0.0400. The summed E-state index contributed by atoms with van der Waals surface area (Å²) in [5, 5.41) is 0. The Morgan fingerprint density at radius 2 is 1.56 bits per heavy atom. The van der Waals surface area contributed by atoms with Gasteiger partial charge in [0, 0.05) is 13.1 Å². The first kappa shape index (κ1) is 12.4. The molecule has 0 amide bonds. The van der Waals surface area contributed by atoms with Crippen LogP contribution in [0.1, 0.15) is 58.8 Å². The van der Waals surface area contributed by atoms with Gasteiger partial charge in [0.25, 0.3) is 0 Å². The first-order valence-corrected chi connectivity index (χ1v) is 7.46. The van der Waals surface area contributed by atoms with E-state index in [0.29, 0.717) is 0 Å². The van der Waals surface area contributed by atoms with Crippen LogP contribution in [-0.2, 0) is 0 Å². The number of likely N-dealkylation sites (tertiary alicyclic amines) is 1. The lowest BCUT2D eigenvalue weighted by molar-refractivity contribution is 0.129. The van der Waals surface area contributed by atoms with E-state index in [0.717, 1.165) is 17.8 Å². The Kier molecular flexibility index (Phi) is 4.69. The van der Waals surface area contributed by atoms with Crippen molar-refractivity contribution in [1.29, 1.82) is 0 Å². The summed E-state index contributed by atoms with van der Waals surface area (Å²) in [4.78, 5) is 2.73. The third-order valence-electron chi connectivity index (χ3n) is 4.52. The van der Waals surface area contributed by atoms with E-state index in [1.54, 1.807) is 0 Å². The van der Waals surface area contributed by atoms with Gasteiger partial charge in [0.2, 0.25) is 0 Å². The lowest BCUT2D eigenvalue weighted by atomic mass is 9.86. The molecular weight excluding hydrogens is 194 g/mol. The molecule has 16 heavy (non-hydrogen) atoms. The van der Waals surface area contributed by atoms with Gasteiger partial charge in [0.1, 0.15) is 0 Å². The van der Waals surface area contributed by atoms with E-state index in [1.165, 1.54) is 64.6 Å². The van der Waals surface area contributed by atoms with Crippen molar-refractivity contribution in [2.45, 2.75) is 58.8 Å². The van der Waals surface area contributed by atoms with Gasteiger partial charge in [-0.3, -0.25) is 0 Å². The topological polar surface area (TPSA) is 3.24 Å². The number of rotatable bonds is 3. The van der Waals surface area contributed by atoms with Gasteiger partial charge in [-0.25, -0.2) is 0 Å². The van der Waals surface area contributed by atoms with Crippen molar-refractivity contribution in [3.8, 4) is 0 Å². The van der Waals surface area contributed by atoms with Crippen molar-refractivity contribution in [1.82, 2.24) is 4.90 Å². The maximum Gasteiger partial charge on any atom is 0.000724 e. The summed E-state index contributed by atoms with van der Waals surface area (Å²) >= 11 is 0. The first-order chi connectivity index (χ1) is 7.74. The summed E-state index contributed by atoms with van der Waals surface area (Å²) in [7, 11) is 0. The van der Waals surface area contributed by atoms with Crippen molar-refractivity contribution < 1.29 is 0 Å². The molecule has 0 aromatic heterocycles. The molecule has 1 saturated carbocycles. The van der Waals surface area contributed by atoms with Crippen LogP contribution in [0, 0.1) is 17.8 Å². The second-order valence-electron chi connectivity index (χ2n) is 6.50. The largest absolute Gasteiger partial charge is 0.303 e. The van der Waals surface area contributed by atoms with E-state index in [9.17, 15) is 0 Å². The van der Waals surface area contributed by atoms with Crippen LogP contribution in [-0.4, -0.2) is 24.5 Å². The average molecular weight is 223 g/mol. The van der Waals surface area contributed by atoms with Gasteiger partial charge in [-0.05, 0) is 37.1 Å². The number of piperidine rings is 1. The molecule has 2 rings (SSSR count). The number of hydrogen-bond donors (Lipinski definition) is 0. The Bertz CT molecular complexity index is 186. The fraction of sp³-hybridized carbons (Fsp3) is 1.00. The molecule has 0 bridgehead atoms. The highest BCUT2D eigenvalue weighted by Gasteiger charge is 2.22. The molecule has 0 spiro atoms. The standard InChI is InChI=1S/C15H29N/c1-13-10-14(2)12-16(11-13)9-8-15-6-4-3-5-7-15/h13-15H,3-12H2,1-2H3/t13-,14+. The monoisotopic (exact) mass is 223 g/mol. The van der Waals surface area contributed by atoms with Crippen LogP contribution in [0.2, 0.25) is 0 Å². The molecule has 1 aliphatic carbocycles. The SMILES string of the molecule is C[C@@H]1C[C@H](C)CN(CCC2CCCCC2)C1. The smallest absolute Gasteiger partial charge is 0.000724 e. The van der Waals surface area contributed by atoms with E-state index >= 15 is 0 Å². The predicted molar refractivity (Wildman–Crippen MR) is 70.6 cm³/mol. The maximum atomic E-state index is 2.73. The van der Waals surface area contributed by atoms with E-state index in [-0.39, 0.29) is 0 Å². The molecule has 0 unspecified atom stereocenters. The first-order valence-electron chi connectivity index (χ1n) is 7.46. The van der Waals surface area contributed by atoms with Crippen LogP contribution in [0.4, 0.5) is 0 Å². The second kappa shape index (κ2) is 6.05. The van der Waals surface area contributed by atoms with Crippen LogP contribution in [0.15, 0.2) is 0 Å². The van der Waals surface area contributed by atoms with Crippen LogP contribution in [0.5, 0.6) is 0 Å². The predicted octanol–water partition coefficient (Wildman–Crippen LogP) is 3.93. The lowest BCUT2D eigenvalue weighted by Gasteiger charge is -2.36. The summed E-state index contributed by atoms with van der Waals surface area (Å²) in [5.74, 6) is 2.91. The molecule has 0 N–H and O–H groups in total. The van der Waals surface area contributed by atoms with Gasteiger partial charge in [0.05, 0.1) is 0 Å². The van der Waals surface area contributed by atoms with E-state index in [1.807, 2.05) is 0 Å². The molecule has 2 fully saturated rings. The van der Waals surface area contributed by atoms with E-state index in [2.05, 4.69) is 18.7 Å². The van der Waals surface area contributed by atoms with Crippen LogP contribution in [0.25, 0.3) is 0 Å². The fourth-order valence-electron chi connectivity index (χ4n) is 3.82. The summed E-state index contributed by atoms with van der Waals surface area (Å²) in [6, 6.07) is 0. The van der Waals surface area contributed by atoms with E-state index < -0.39 is 0 Å². The highest BCUT2D eigenvalue weighted by atomic mass is 15.1. The van der Waals surface area contributed by atoms with Crippen LogP contribution >= 0.6 is 0 Å².